The summed E-state index contributed by atoms with van der Waals surface area (Å²) in [5.41, 5.74) is 2.72. The molecule has 0 saturated heterocycles. The van der Waals surface area contributed by atoms with Gasteiger partial charge in [0, 0.05) is 31.5 Å². The van der Waals surface area contributed by atoms with E-state index in [2.05, 4.69) is 4.98 Å². The van der Waals surface area contributed by atoms with Gasteiger partial charge in [0.05, 0.1) is 10.2 Å². The van der Waals surface area contributed by atoms with E-state index in [9.17, 15) is 4.79 Å². The summed E-state index contributed by atoms with van der Waals surface area (Å²) in [5, 5.41) is 0.905. The van der Waals surface area contributed by atoms with E-state index in [1.165, 1.54) is 0 Å². The van der Waals surface area contributed by atoms with Crippen LogP contribution in [0, 0.1) is 0 Å². The zero-order chi connectivity index (χ0) is 17.2. The first kappa shape index (κ1) is 15.6. The Bertz CT molecular complexity index is 1010. The minimum Gasteiger partial charge on any atom is -0.337 e. The van der Waals surface area contributed by atoms with Gasteiger partial charge >= 0.3 is 0 Å². The minimum atomic E-state index is 0.0154. The first-order valence-electron chi connectivity index (χ1n) is 8.04. The Hall–Kier alpha value is -2.92. The maximum absolute atomic E-state index is 12.7. The number of hydrogen-bond donors (Lipinski definition) is 0. The van der Waals surface area contributed by atoms with E-state index in [1.54, 1.807) is 16.2 Å². The number of carbonyl (C=O) groups excluding carboxylic acids is 1. The quantitative estimate of drug-likeness (QED) is 0.550. The number of hydrogen-bond acceptors (Lipinski definition) is 3. The van der Waals surface area contributed by atoms with Crippen LogP contribution in [0.2, 0.25) is 0 Å². The summed E-state index contributed by atoms with van der Waals surface area (Å²) in [5.74, 6) is 0.0154. The monoisotopic (exact) mass is 347 g/mol. The molecule has 0 fully saturated rings. The molecule has 2 heterocycles. The molecular formula is C20H17N3OS. The van der Waals surface area contributed by atoms with Crippen molar-refractivity contribution in [1.29, 1.82) is 0 Å². The van der Waals surface area contributed by atoms with E-state index in [4.69, 9.17) is 0 Å². The first-order chi connectivity index (χ1) is 12.2. The Kier molecular flexibility index (Phi) is 4.07. The molecule has 0 bridgehead atoms. The molecule has 0 saturated carbocycles. The molecular weight excluding hydrogens is 330 g/mol. The Morgan fingerprint density at radius 2 is 1.84 bits per heavy atom. The Labute approximate surface area is 150 Å². The molecule has 0 aliphatic heterocycles. The van der Waals surface area contributed by atoms with Crippen LogP contribution in [0.3, 0.4) is 0 Å². The Balaban J connectivity index is 1.59. The van der Waals surface area contributed by atoms with Crippen LogP contribution in [0.25, 0.3) is 15.3 Å². The van der Waals surface area contributed by atoms with Crippen molar-refractivity contribution in [2.24, 2.45) is 0 Å². The highest BCUT2D eigenvalue weighted by Crippen LogP contribution is 2.26. The normalized spacial score (nSPS) is 10.9. The molecule has 0 N–H and O–H groups in total. The number of rotatable bonds is 4. The lowest BCUT2D eigenvalue weighted by Crippen LogP contribution is -2.26. The molecule has 0 unspecified atom stereocenters. The van der Waals surface area contributed by atoms with Crippen LogP contribution >= 0.6 is 11.3 Å². The first-order valence-corrected chi connectivity index (χ1v) is 8.86. The zero-order valence-electron chi connectivity index (χ0n) is 13.8. The number of benzene rings is 2. The molecule has 0 aliphatic rings. The van der Waals surface area contributed by atoms with Gasteiger partial charge in [-0.3, -0.25) is 4.79 Å². The van der Waals surface area contributed by atoms with Crippen molar-refractivity contribution in [3.63, 3.8) is 0 Å². The van der Waals surface area contributed by atoms with Gasteiger partial charge in [-0.1, -0.05) is 41.7 Å². The SMILES string of the molecule is CN(Cc1ccccc1)C(=O)c1ccc2nc(-n3cccc3)sc2c1. The second kappa shape index (κ2) is 6.53. The van der Waals surface area contributed by atoms with Gasteiger partial charge in [0.2, 0.25) is 0 Å². The van der Waals surface area contributed by atoms with Gasteiger partial charge < -0.3 is 9.47 Å². The molecule has 4 nitrogen and oxygen atoms in total. The van der Waals surface area contributed by atoms with Crippen LogP contribution in [0.4, 0.5) is 0 Å². The fourth-order valence-corrected chi connectivity index (χ4v) is 3.74. The van der Waals surface area contributed by atoms with Crippen LogP contribution in [0.1, 0.15) is 15.9 Å². The van der Waals surface area contributed by atoms with Crippen molar-refractivity contribution in [2.75, 3.05) is 7.05 Å². The van der Waals surface area contributed by atoms with Crippen LogP contribution in [-0.2, 0) is 6.54 Å². The van der Waals surface area contributed by atoms with E-state index >= 15 is 0 Å². The summed E-state index contributed by atoms with van der Waals surface area (Å²) in [6.07, 6.45) is 3.94. The van der Waals surface area contributed by atoms with Crippen LogP contribution in [0.15, 0.2) is 73.1 Å². The van der Waals surface area contributed by atoms with E-state index in [1.807, 2.05) is 84.7 Å². The van der Waals surface area contributed by atoms with Crippen molar-refractivity contribution in [3.8, 4) is 5.13 Å². The third-order valence-electron chi connectivity index (χ3n) is 4.06. The van der Waals surface area contributed by atoms with Gasteiger partial charge in [0.25, 0.3) is 5.91 Å². The number of nitrogens with zero attached hydrogens (tertiary/aromatic N) is 3. The fraction of sp³-hybridized carbons (Fsp3) is 0.100. The predicted octanol–water partition coefficient (Wildman–Crippen LogP) is 4.36. The highest BCUT2D eigenvalue weighted by atomic mass is 32.1. The molecule has 4 aromatic rings. The number of thiazole rings is 1. The summed E-state index contributed by atoms with van der Waals surface area (Å²) >= 11 is 1.58. The summed E-state index contributed by atoms with van der Waals surface area (Å²) in [6.45, 7) is 0.592. The van der Waals surface area contributed by atoms with Crippen LogP contribution < -0.4 is 0 Å². The summed E-state index contributed by atoms with van der Waals surface area (Å²) in [6, 6.07) is 19.7. The van der Waals surface area contributed by atoms with Crippen molar-refractivity contribution >= 4 is 27.5 Å². The summed E-state index contributed by atoms with van der Waals surface area (Å²) in [7, 11) is 1.83. The van der Waals surface area contributed by atoms with Crippen LogP contribution in [0.5, 0.6) is 0 Å². The molecule has 2 aromatic heterocycles. The van der Waals surface area contributed by atoms with E-state index < -0.39 is 0 Å². The van der Waals surface area contributed by atoms with Gasteiger partial charge in [-0.15, -0.1) is 0 Å². The van der Waals surface area contributed by atoms with Gasteiger partial charge in [0.15, 0.2) is 5.13 Å². The molecule has 4 rings (SSSR count). The number of carbonyl (C=O) groups is 1. The lowest BCUT2D eigenvalue weighted by atomic mass is 10.1. The second-order valence-electron chi connectivity index (χ2n) is 5.92. The highest BCUT2D eigenvalue weighted by molar-refractivity contribution is 7.20. The molecule has 2 aromatic carbocycles. The van der Waals surface area contributed by atoms with Gasteiger partial charge in [-0.05, 0) is 35.9 Å². The predicted molar refractivity (Wildman–Crippen MR) is 101 cm³/mol. The number of aromatic nitrogens is 2. The lowest BCUT2D eigenvalue weighted by molar-refractivity contribution is 0.0785. The second-order valence-corrected chi connectivity index (χ2v) is 6.93. The van der Waals surface area contributed by atoms with Crippen molar-refractivity contribution in [2.45, 2.75) is 6.54 Å². The van der Waals surface area contributed by atoms with E-state index in [-0.39, 0.29) is 5.91 Å². The van der Waals surface area contributed by atoms with Gasteiger partial charge in [0.1, 0.15) is 0 Å². The molecule has 5 heteroatoms. The third-order valence-corrected chi connectivity index (χ3v) is 5.09. The van der Waals surface area contributed by atoms with E-state index in [0.29, 0.717) is 12.1 Å². The summed E-state index contributed by atoms with van der Waals surface area (Å²) < 4.78 is 3.00. The third kappa shape index (κ3) is 3.19. The minimum absolute atomic E-state index is 0.0154. The lowest BCUT2D eigenvalue weighted by Gasteiger charge is -2.17. The molecule has 0 radical (unpaired) electrons. The van der Waals surface area contributed by atoms with E-state index in [0.717, 1.165) is 20.9 Å². The maximum atomic E-state index is 12.7. The van der Waals surface area contributed by atoms with Crippen molar-refractivity contribution in [3.05, 3.63) is 84.2 Å². The molecule has 0 aliphatic carbocycles. The Morgan fingerprint density at radius 1 is 1.08 bits per heavy atom. The molecule has 0 spiro atoms. The maximum Gasteiger partial charge on any atom is 0.253 e. The topological polar surface area (TPSA) is 38.1 Å². The van der Waals surface area contributed by atoms with Gasteiger partial charge in [-0.2, -0.15) is 0 Å². The molecule has 124 valence electrons. The van der Waals surface area contributed by atoms with Gasteiger partial charge in [-0.25, -0.2) is 4.98 Å². The van der Waals surface area contributed by atoms with Crippen molar-refractivity contribution < 1.29 is 4.79 Å². The van der Waals surface area contributed by atoms with Crippen LogP contribution in [-0.4, -0.2) is 27.4 Å². The molecule has 25 heavy (non-hydrogen) atoms. The smallest absolute Gasteiger partial charge is 0.253 e. The molecule has 0 atom stereocenters. The standard InChI is InChI=1S/C20H17N3OS/c1-22(14-15-7-3-2-4-8-15)19(24)16-9-10-17-18(13-16)25-20(21-17)23-11-5-6-12-23/h2-13H,14H2,1H3. The average Bonchev–Trinajstić information content (AvgIpc) is 3.30. The highest BCUT2D eigenvalue weighted by Gasteiger charge is 2.14. The average molecular weight is 347 g/mol. The fourth-order valence-electron chi connectivity index (χ4n) is 2.77. The number of amides is 1. The zero-order valence-corrected chi connectivity index (χ0v) is 14.6. The number of fused-ring (bicyclic) bond motifs is 1. The largest absolute Gasteiger partial charge is 0.337 e. The Morgan fingerprint density at radius 3 is 2.60 bits per heavy atom. The van der Waals surface area contributed by atoms with Crippen molar-refractivity contribution in [1.82, 2.24) is 14.5 Å². The molecule has 1 amide bonds. The summed E-state index contributed by atoms with van der Waals surface area (Å²) in [4.78, 5) is 19.1.